The van der Waals surface area contributed by atoms with Gasteiger partial charge in [-0.05, 0) is 36.2 Å². The SMILES string of the molecule is O=C(CCc1ccc(F)cc1)N1CCN(c2ccc(O)cn2)CC1. The number of rotatable bonds is 4. The standard InChI is InChI=1S/C18H20FN3O2/c19-15-4-1-14(2-5-15)3-8-18(24)22-11-9-21(10-12-22)17-7-6-16(23)13-20-17/h1-2,4-7,13,23H,3,8-12H2. The van der Waals surface area contributed by atoms with Crippen LogP contribution in [0.15, 0.2) is 42.6 Å². The van der Waals surface area contributed by atoms with Crippen LogP contribution < -0.4 is 4.90 Å². The molecule has 1 aromatic heterocycles. The average molecular weight is 329 g/mol. The summed E-state index contributed by atoms with van der Waals surface area (Å²) in [7, 11) is 0. The highest BCUT2D eigenvalue weighted by molar-refractivity contribution is 5.76. The fourth-order valence-corrected chi connectivity index (χ4v) is 2.81. The van der Waals surface area contributed by atoms with Crippen LogP contribution in [0.25, 0.3) is 0 Å². The summed E-state index contributed by atoms with van der Waals surface area (Å²) in [5.74, 6) is 0.821. The lowest BCUT2D eigenvalue weighted by Crippen LogP contribution is -2.49. The van der Waals surface area contributed by atoms with Gasteiger partial charge in [0, 0.05) is 32.6 Å². The van der Waals surface area contributed by atoms with Crippen molar-refractivity contribution in [2.45, 2.75) is 12.8 Å². The van der Waals surface area contributed by atoms with E-state index in [4.69, 9.17) is 0 Å². The second kappa shape index (κ2) is 7.29. The molecule has 0 spiro atoms. The number of benzene rings is 1. The minimum atomic E-state index is -0.260. The van der Waals surface area contributed by atoms with Crippen molar-refractivity contribution >= 4 is 11.7 Å². The van der Waals surface area contributed by atoms with E-state index >= 15 is 0 Å². The van der Waals surface area contributed by atoms with Crippen LogP contribution in [-0.4, -0.2) is 47.1 Å². The van der Waals surface area contributed by atoms with Crippen molar-refractivity contribution in [3.63, 3.8) is 0 Å². The number of anilines is 1. The summed E-state index contributed by atoms with van der Waals surface area (Å²) >= 11 is 0. The van der Waals surface area contributed by atoms with Gasteiger partial charge in [-0.1, -0.05) is 12.1 Å². The second-order valence-electron chi connectivity index (χ2n) is 5.87. The summed E-state index contributed by atoms with van der Waals surface area (Å²) in [6.45, 7) is 2.76. The Labute approximate surface area is 140 Å². The first-order valence-corrected chi connectivity index (χ1v) is 8.04. The summed E-state index contributed by atoms with van der Waals surface area (Å²) in [4.78, 5) is 20.5. The number of piperazine rings is 1. The van der Waals surface area contributed by atoms with Gasteiger partial charge in [0.05, 0.1) is 6.20 Å². The Morgan fingerprint density at radius 2 is 1.79 bits per heavy atom. The molecule has 24 heavy (non-hydrogen) atoms. The van der Waals surface area contributed by atoms with Gasteiger partial charge in [-0.25, -0.2) is 9.37 Å². The maximum atomic E-state index is 12.9. The lowest BCUT2D eigenvalue weighted by molar-refractivity contribution is -0.131. The molecule has 0 saturated carbocycles. The van der Waals surface area contributed by atoms with Crippen molar-refractivity contribution in [2.24, 2.45) is 0 Å². The molecule has 2 heterocycles. The van der Waals surface area contributed by atoms with Crippen molar-refractivity contribution in [2.75, 3.05) is 31.1 Å². The topological polar surface area (TPSA) is 56.7 Å². The second-order valence-corrected chi connectivity index (χ2v) is 5.87. The number of aryl methyl sites for hydroxylation is 1. The molecule has 126 valence electrons. The van der Waals surface area contributed by atoms with E-state index in [1.54, 1.807) is 24.3 Å². The minimum absolute atomic E-state index is 0.123. The van der Waals surface area contributed by atoms with E-state index in [1.807, 2.05) is 4.90 Å². The Kier molecular flexibility index (Phi) is 4.93. The van der Waals surface area contributed by atoms with Crippen molar-refractivity contribution < 1.29 is 14.3 Å². The van der Waals surface area contributed by atoms with Gasteiger partial charge >= 0.3 is 0 Å². The molecular formula is C18H20FN3O2. The number of hydrogen-bond donors (Lipinski definition) is 1. The Balaban J connectivity index is 1.48. The Morgan fingerprint density at radius 1 is 1.08 bits per heavy atom. The number of halogens is 1. The van der Waals surface area contributed by atoms with E-state index in [-0.39, 0.29) is 17.5 Å². The van der Waals surface area contributed by atoms with Gasteiger partial charge in [-0.2, -0.15) is 0 Å². The molecule has 1 aliphatic rings. The molecule has 3 rings (SSSR count). The number of carbonyl (C=O) groups excluding carboxylic acids is 1. The Bertz CT molecular complexity index is 680. The molecule has 0 atom stereocenters. The number of hydrogen-bond acceptors (Lipinski definition) is 4. The summed E-state index contributed by atoms with van der Waals surface area (Å²) in [5, 5.41) is 9.28. The maximum Gasteiger partial charge on any atom is 0.223 e. The lowest BCUT2D eigenvalue weighted by Gasteiger charge is -2.35. The van der Waals surface area contributed by atoms with Crippen LogP contribution in [0, 0.1) is 5.82 Å². The van der Waals surface area contributed by atoms with E-state index in [1.165, 1.54) is 18.3 Å². The van der Waals surface area contributed by atoms with Crippen molar-refractivity contribution in [3.05, 3.63) is 54.0 Å². The summed E-state index contributed by atoms with van der Waals surface area (Å²) < 4.78 is 12.9. The van der Waals surface area contributed by atoms with Crippen LogP contribution >= 0.6 is 0 Å². The largest absolute Gasteiger partial charge is 0.506 e. The monoisotopic (exact) mass is 329 g/mol. The molecule has 5 nitrogen and oxygen atoms in total. The molecule has 0 unspecified atom stereocenters. The average Bonchev–Trinajstić information content (AvgIpc) is 2.62. The fourth-order valence-electron chi connectivity index (χ4n) is 2.81. The molecule has 0 bridgehead atoms. The predicted octanol–water partition coefficient (Wildman–Crippen LogP) is 2.21. The van der Waals surface area contributed by atoms with E-state index in [0.717, 1.165) is 24.5 Å². The van der Waals surface area contributed by atoms with Crippen molar-refractivity contribution in [1.82, 2.24) is 9.88 Å². The van der Waals surface area contributed by atoms with Gasteiger partial charge < -0.3 is 14.9 Å². The van der Waals surface area contributed by atoms with Crippen LogP contribution in [0.1, 0.15) is 12.0 Å². The van der Waals surface area contributed by atoms with E-state index in [0.29, 0.717) is 25.9 Å². The normalized spacial score (nSPS) is 14.7. The van der Waals surface area contributed by atoms with Crippen LogP contribution in [0.4, 0.5) is 10.2 Å². The molecule has 0 aliphatic carbocycles. The molecule has 0 radical (unpaired) electrons. The third-order valence-corrected chi connectivity index (χ3v) is 4.23. The Hall–Kier alpha value is -2.63. The van der Waals surface area contributed by atoms with Gasteiger partial charge in [0.25, 0.3) is 0 Å². The highest BCUT2D eigenvalue weighted by atomic mass is 19.1. The molecular weight excluding hydrogens is 309 g/mol. The minimum Gasteiger partial charge on any atom is -0.506 e. The molecule has 1 fully saturated rings. The predicted molar refractivity (Wildman–Crippen MR) is 89.4 cm³/mol. The zero-order valence-electron chi connectivity index (χ0n) is 13.4. The van der Waals surface area contributed by atoms with Gasteiger partial charge in [0.15, 0.2) is 0 Å². The van der Waals surface area contributed by atoms with E-state index < -0.39 is 0 Å². The first-order chi connectivity index (χ1) is 11.6. The number of aromatic nitrogens is 1. The molecule has 1 aromatic carbocycles. The molecule has 6 heteroatoms. The maximum absolute atomic E-state index is 12.9. The third kappa shape index (κ3) is 4.01. The number of aromatic hydroxyl groups is 1. The lowest BCUT2D eigenvalue weighted by atomic mass is 10.1. The first-order valence-electron chi connectivity index (χ1n) is 8.04. The summed E-state index contributed by atoms with van der Waals surface area (Å²) in [6, 6.07) is 9.67. The highest BCUT2D eigenvalue weighted by Gasteiger charge is 2.21. The highest BCUT2D eigenvalue weighted by Crippen LogP contribution is 2.17. The smallest absolute Gasteiger partial charge is 0.223 e. The van der Waals surface area contributed by atoms with E-state index in [2.05, 4.69) is 9.88 Å². The molecule has 1 N–H and O–H groups in total. The third-order valence-electron chi connectivity index (χ3n) is 4.23. The fraction of sp³-hybridized carbons (Fsp3) is 0.333. The van der Waals surface area contributed by atoms with Gasteiger partial charge in [-0.3, -0.25) is 4.79 Å². The Morgan fingerprint density at radius 3 is 2.42 bits per heavy atom. The molecule has 1 amide bonds. The summed E-state index contributed by atoms with van der Waals surface area (Å²) in [6.07, 6.45) is 2.48. The van der Waals surface area contributed by atoms with Gasteiger partial charge in [0.2, 0.25) is 5.91 Å². The first kappa shape index (κ1) is 16.2. The number of carbonyl (C=O) groups is 1. The molecule has 1 aliphatic heterocycles. The molecule has 1 saturated heterocycles. The zero-order chi connectivity index (χ0) is 16.9. The summed E-state index contributed by atoms with van der Waals surface area (Å²) in [5.41, 5.74) is 0.969. The van der Waals surface area contributed by atoms with E-state index in [9.17, 15) is 14.3 Å². The van der Waals surface area contributed by atoms with Gasteiger partial charge in [-0.15, -0.1) is 0 Å². The number of nitrogens with zero attached hydrogens (tertiary/aromatic N) is 3. The van der Waals surface area contributed by atoms with Crippen LogP contribution in [0.3, 0.4) is 0 Å². The zero-order valence-corrected chi connectivity index (χ0v) is 13.4. The van der Waals surface area contributed by atoms with Crippen LogP contribution in [-0.2, 0) is 11.2 Å². The molecule has 2 aromatic rings. The van der Waals surface area contributed by atoms with Crippen molar-refractivity contribution in [1.29, 1.82) is 0 Å². The van der Waals surface area contributed by atoms with Gasteiger partial charge in [0.1, 0.15) is 17.4 Å². The number of amides is 1. The van der Waals surface area contributed by atoms with Crippen LogP contribution in [0.5, 0.6) is 5.75 Å². The number of pyridine rings is 1. The van der Waals surface area contributed by atoms with Crippen LogP contribution in [0.2, 0.25) is 0 Å². The van der Waals surface area contributed by atoms with Crippen molar-refractivity contribution in [3.8, 4) is 5.75 Å². The quantitative estimate of drug-likeness (QED) is 0.934.